The maximum absolute atomic E-state index is 12.1. The highest BCUT2D eigenvalue weighted by Gasteiger charge is 2.13. The predicted molar refractivity (Wildman–Crippen MR) is 141 cm³/mol. The van der Waals surface area contributed by atoms with E-state index in [1.807, 2.05) is 60.9 Å². The van der Waals surface area contributed by atoms with Crippen LogP contribution in [0.4, 0.5) is 5.69 Å². The summed E-state index contributed by atoms with van der Waals surface area (Å²) in [6, 6.07) is 19.7. The molecule has 2 aromatic carbocycles. The molecule has 0 fully saturated rings. The monoisotopic (exact) mass is 507 g/mol. The number of carbonyl (C=O) groups is 1. The number of benzene rings is 2. The van der Waals surface area contributed by atoms with Gasteiger partial charge < -0.3 is 30.2 Å². The van der Waals surface area contributed by atoms with Gasteiger partial charge in [-0.15, -0.1) is 0 Å². The molecule has 0 aliphatic carbocycles. The first-order chi connectivity index (χ1) is 17.7. The summed E-state index contributed by atoms with van der Waals surface area (Å²) >= 11 is 5.31. The highest BCUT2D eigenvalue weighted by molar-refractivity contribution is 7.80. The van der Waals surface area contributed by atoms with Gasteiger partial charge in [-0.25, -0.2) is 4.57 Å². The summed E-state index contributed by atoms with van der Waals surface area (Å²) in [5.74, 6) is 2.28. The number of rotatable bonds is 12. The van der Waals surface area contributed by atoms with Gasteiger partial charge in [-0.3, -0.25) is 4.79 Å². The molecule has 1 aliphatic heterocycles. The Balaban J connectivity index is 1.04. The lowest BCUT2D eigenvalue weighted by Crippen LogP contribution is -2.32. The van der Waals surface area contributed by atoms with E-state index in [0.29, 0.717) is 43.4 Å². The first-order valence-corrected chi connectivity index (χ1v) is 12.4. The highest BCUT2D eigenvalue weighted by atomic mass is 32.1. The molecule has 0 atom stereocenters. The smallest absolute Gasteiger partial charge is 0.231 e. The van der Waals surface area contributed by atoms with Crippen molar-refractivity contribution in [2.45, 2.75) is 25.8 Å². The van der Waals surface area contributed by atoms with E-state index in [-0.39, 0.29) is 12.7 Å². The van der Waals surface area contributed by atoms with Crippen molar-refractivity contribution in [2.24, 2.45) is 0 Å². The molecule has 0 bridgehead atoms. The molecule has 8 nitrogen and oxygen atoms in total. The van der Waals surface area contributed by atoms with Gasteiger partial charge in [-0.05, 0) is 49.3 Å². The third-order valence-corrected chi connectivity index (χ3v) is 5.70. The summed E-state index contributed by atoms with van der Waals surface area (Å²) < 4.78 is 18.6. The van der Waals surface area contributed by atoms with Crippen LogP contribution in [0.2, 0.25) is 0 Å². The number of aromatic nitrogens is 1. The number of thiocarbonyl (C=S) groups is 1. The Morgan fingerprint density at radius 3 is 2.67 bits per heavy atom. The zero-order valence-corrected chi connectivity index (χ0v) is 20.9. The predicted octanol–water partition coefficient (Wildman–Crippen LogP) is 3.40. The lowest BCUT2D eigenvalue weighted by atomic mass is 10.2. The number of hydrogen-bond acceptors (Lipinski definition) is 5. The van der Waals surface area contributed by atoms with Crippen molar-refractivity contribution in [3.05, 3.63) is 78.6 Å². The number of pyridine rings is 1. The van der Waals surface area contributed by atoms with E-state index >= 15 is 0 Å². The SMILES string of the molecule is O=C(CCCNC(=S)Nc1ccc2c(c1)OCO2)NCCCOc1cccc(C[n+]2ccccc2)c1. The molecule has 0 unspecified atom stereocenters. The zero-order chi connectivity index (χ0) is 25.0. The number of anilines is 1. The average molecular weight is 508 g/mol. The third-order valence-electron chi connectivity index (χ3n) is 5.45. The molecule has 36 heavy (non-hydrogen) atoms. The van der Waals surface area contributed by atoms with Gasteiger partial charge in [0.05, 0.1) is 6.61 Å². The Labute approximate surface area is 216 Å². The Kier molecular flexibility index (Phi) is 9.32. The number of nitrogens with one attached hydrogen (secondary N) is 3. The molecule has 4 rings (SSSR count). The summed E-state index contributed by atoms with van der Waals surface area (Å²) in [5, 5.41) is 9.66. The van der Waals surface area contributed by atoms with Gasteiger partial charge in [0.15, 0.2) is 35.5 Å². The second kappa shape index (κ2) is 13.3. The van der Waals surface area contributed by atoms with E-state index in [1.54, 1.807) is 0 Å². The standard InChI is InChI=1S/C27H30N4O4S/c32-26(9-5-12-29-27(36)30-22-10-11-24-25(18-22)35-20-34-24)28-13-6-16-33-23-8-4-7-21(17-23)19-31-14-2-1-3-15-31/h1-4,7-8,10-11,14-15,17-18H,5-6,9,12-13,16,19-20H2,(H2-,28,29,30,32,36)/p+1. The minimum absolute atomic E-state index is 0.0216. The van der Waals surface area contributed by atoms with E-state index in [9.17, 15) is 4.79 Å². The van der Waals surface area contributed by atoms with E-state index < -0.39 is 0 Å². The fourth-order valence-electron chi connectivity index (χ4n) is 3.66. The number of ether oxygens (including phenoxy) is 3. The fourth-order valence-corrected chi connectivity index (χ4v) is 3.88. The van der Waals surface area contributed by atoms with Crippen LogP contribution in [0, 0.1) is 0 Å². The van der Waals surface area contributed by atoms with Crippen LogP contribution in [0.5, 0.6) is 17.2 Å². The van der Waals surface area contributed by atoms with Crippen molar-refractivity contribution in [1.29, 1.82) is 0 Å². The van der Waals surface area contributed by atoms with Crippen molar-refractivity contribution < 1.29 is 23.6 Å². The molecular weight excluding hydrogens is 476 g/mol. The number of carbonyl (C=O) groups excluding carboxylic acids is 1. The summed E-state index contributed by atoms with van der Waals surface area (Å²) in [6.45, 7) is 2.76. The van der Waals surface area contributed by atoms with Gasteiger partial charge in [0.2, 0.25) is 12.7 Å². The second-order valence-electron chi connectivity index (χ2n) is 8.30. The number of hydrogen-bond donors (Lipinski definition) is 3. The minimum Gasteiger partial charge on any atom is -0.494 e. The van der Waals surface area contributed by atoms with Crippen molar-refractivity contribution in [2.75, 3.05) is 31.8 Å². The van der Waals surface area contributed by atoms with Gasteiger partial charge in [0.1, 0.15) is 5.75 Å². The molecule has 0 saturated heterocycles. The van der Waals surface area contributed by atoms with Gasteiger partial charge in [0.25, 0.3) is 0 Å². The molecular formula is C27H31N4O4S+. The quantitative estimate of drug-likeness (QED) is 0.197. The van der Waals surface area contributed by atoms with Crippen LogP contribution < -0.4 is 34.7 Å². The van der Waals surface area contributed by atoms with Crippen molar-refractivity contribution in [3.8, 4) is 17.2 Å². The second-order valence-corrected chi connectivity index (χ2v) is 8.71. The van der Waals surface area contributed by atoms with E-state index in [1.165, 1.54) is 5.56 Å². The normalized spacial score (nSPS) is 11.6. The first-order valence-electron chi connectivity index (χ1n) is 12.0. The van der Waals surface area contributed by atoms with E-state index in [2.05, 4.69) is 32.7 Å². The first kappa shape index (κ1) is 25.2. The summed E-state index contributed by atoms with van der Waals surface area (Å²) in [6.07, 6.45) is 5.93. The van der Waals surface area contributed by atoms with Crippen LogP contribution in [0.15, 0.2) is 73.1 Å². The molecule has 188 valence electrons. The van der Waals surface area contributed by atoms with Crippen LogP contribution in [-0.2, 0) is 11.3 Å². The zero-order valence-electron chi connectivity index (χ0n) is 20.1. The molecule has 1 aliphatic rings. The highest BCUT2D eigenvalue weighted by Crippen LogP contribution is 2.34. The number of fused-ring (bicyclic) bond motifs is 1. The van der Waals surface area contributed by atoms with Crippen LogP contribution in [0.25, 0.3) is 0 Å². The Morgan fingerprint density at radius 2 is 1.78 bits per heavy atom. The van der Waals surface area contributed by atoms with Crippen molar-refractivity contribution in [1.82, 2.24) is 10.6 Å². The number of nitrogens with zero attached hydrogens (tertiary/aromatic N) is 1. The largest absolute Gasteiger partial charge is 0.494 e. The lowest BCUT2D eigenvalue weighted by molar-refractivity contribution is -0.688. The third kappa shape index (κ3) is 8.13. The van der Waals surface area contributed by atoms with Gasteiger partial charge in [-0.1, -0.05) is 18.2 Å². The minimum atomic E-state index is 0.0216. The molecule has 3 aromatic rings. The van der Waals surface area contributed by atoms with Gasteiger partial charge in [-0.2, -0.15) is 0 Å². The van der Waals surface area contributed by atoms with Gasteiger partial charge in [0, 0.05) is 49.0 Å². The maximum atomic E-state index is 12.1. The average Bonchev–Trinajstić information content (AvgIpc) is 3.35. The Morgan fingerprint density at radius 1 is 0.944 bits per heavy atom. The molecule has 0 radical (unpaired) electrons. The van der Waals surface area contributed by atoms with Gasteiger partial charge >= 0.3 is 0 Å². The molecule has 1 aromatic heterocycles. The van der Waals surface area contributed by atoms with E-state index in [0.717, 1.165) is 30.2 Å². The summed E-state index contributed by atoms with van der Waals surface area (Å²) in [5.41, 5.74) is 2.00. The fraction of sp³-hybridized carbons (Fsp3) is 0.296. The van der Waals surface area contributed by atoms with Crippen LogP contribution >= 0.6 is 12.2 Å². The topological polar surface area (TPSA) is 84.7 Å². The Bertz CT molecular complexity index is 1160. The molecule has 0 saturated carbocycles. The Hall–Kier alpha value is -3.85. The summed E-state index contributed by atoms with van der Waals surface area (Å²) in [4.78, 5) is 12.1. The summed E-state index contributed by atoms with van der Waals surface area (Å²) in [7, 11) is 0. The molecule has 1 amide bonds. The van der Waals surface area contributed by atoms with E-state index in [4.69, 9.17) is 26.4 Å². The van der Waals surface area contributed by atoms with Crippen molar-refractivity contribution in [3.63, 3.8) is 0 Å². The molecule has 9 heteroatoms. The maximum Gasteiger partial charge on any atom is 0.231 e. The van der Waals surface area contributed by atoms with Crippen LogP contribution in [0.3, 0.4) is 0 Å². The number of amides is 1. The molecule has 0 spiro atoms. The molecule has 2 heterocycles. The molecule has 3 N–H and O–H groups in total. The lowest BCUT2D eigenvalue weighted by Gasteiger charge is -2.11. The van der Waals surface area contributed by atoms with Crippen LogP contribution in [0.1, 0.15) is 24.8 Å². The van der Waals surface area contributed by atoms with Crippen LogP contribution in [-0.4, -0.2) is 37.5 Å². The van der Waals surface area contributed by atoms with Crippen molar-refractivity contribution >= 4 is 28.9 Å².